The van der Waals surface area contributed by atoms with Gasteiger partial charge in [-0.15, -0.1) is 13.2 Å². The highest BCUT2D eigenvalue weighted by molar-refractivity contribution is 5.78. The number of hydrogen-bond donors (Lipinski definition) is 1. The van der Waals surface area contributed by atoms with E-state index in [1.54, 1.807) is 4.90 Å². The van der Waals surface area contributed by atoms with Gasteiger partial charge in [-0.25, -0.2) is 4.79 Å². The summed E-state index contributed by atoms with van der Waals surface area (Å²) in [7, 11) is 0. The molecule has 1 fully saturated rings. The summed E-state index contributed by atoms with van der Waals surface area (Å²) in [5.41, 5.74) is 0.589. The van der Waals surface area contributed by atoms with Crippen LogP contribution in [0.3, 0.4) is 0 Å². The molecule has 1 aliphatic heterocycles. The molecular weight excluding hydrogens is 275 g/mol. The molecule has 1 unspecified atom stereocenters. The van der Waals surface area contributed by atoms with Crippen LogP contribution in [-0.2, 0) is 4.79 Å². The molecule has 110 valence electrons. The van der Waals surface area contributed by atoms with Crippen LogP contribution in [0, 0.1) is 0 Å². The molecule has 0 aromatic heterocycles. The van der Waals surface area contributed by atoms with Crippen LogP contribution in [0.2, 0.25) is 0 Å². The molecule has 1 aromatic carbocycles. The second-order valence-corrected chi connectivity index (χ2v) is 4.58. The number of halogens is 3. The van der Waals surface area contributed by atoms with Crippen molar-refractivity contribution in [2.45, 2.75) is 31.7 Å². The predicted octanol–water partition coefficient (Wildman–Crippen LogP) is 3.03. The number of piperidine rings is 1. The van der Waals surface area contributed by atoms with E-state index in [0.717, 1.165) is 12.8 Å². The highest BCUT2D eigenvalue weighted by Crippen LogP contribution is 2.28. The summed E-state index contributed by atoms with van der Waals surface area (Å²) in [5.74, 6) is -1.23. The van der Waals surface area contributed by atoms with Crippen molar-refractivity contribution in [1.29, 1.82) is 0 Å². The molecule has 0 aliphatic carbocycles. The van der Waals surface area contributed by atoms with Crippen molar-refractivity contribution in [3.8, 4) is 5.75 Å². The number of nitrogens with zero attached hydrogens (tertiary/aromatic N) is 1. The van der Waals surface area contributed by atoms with E-state index in [0.29, 0.717) is 18.7 Å². The molecule has 0 saturated carbocycles. The quantitative estimate of drug-likeness (QED) is 0.929. The van der Waals surface area contributed by atoms with E-state index in [4.69, 9.17) is 5.11 Å². The number of benzene rings is 1. The molecule has 20 heavy (non-hydrogen) atoms. The van der Waals surface area contributed by atoms with E-state index in [9.17, 15) is 18.0 Å². The summed E-state index contributed by atoms with van der Waals surface area (Å²) in [6.07, 6.45) is -2.49. The van der Waals surface area contributed by atoms with Gasteiger partial charge in [0.2, 0.25) is 0 Å². The number of anilines is 1. The largest absolute Gasteiger partial charge is 0.573 e. The third-order valence-electron chi connectivity index (χ3n) is 3.19. The van der Waals surface area contributed by atoms with Crippen LogP contribution < -0.4 is 9.64 Å². The lowest BCUT2D eigenvalue weighted by atomic mass is 10.0. The lowest BCUT2D eigenvalue weighted by Gasteiger charge is -2.34. The third kappa shape index (κ3) is 3.55. The van der Waals surface area contributed by atoms with Gasteiger partial charge < -0.3 is 14.7 Å². The first-order chi connectivity index (χ1) is 9.37. The highest BCUT2D eigenvalue weighted by atomic mass is 19.4. The monoisotopic (exact) mass is 289 g/mol. The number of rotatable bonds is 3. The van der Waals surface area contributed by atoms with Gasteiger partial charge in [-0.05, 0) is 43.5 Å². The van der Waals surface area contributed by atoms with Crippen molar-refractivity contribution >= 4 is 11.7 Å². The second-order valence-electron chi connectivity index (χ2n) is 4.58. The third-order valence-corrected chi connectivity index (χ3v) is 3.19. The normalized spacial score (nSPS) is 19.8. The first-order valence-electron chi connectivity index (χ1n) is 6.22. The molecule has 0 bridgehead atoms. The van der Waals surface area contributed by atoms with E-state index in [1.165, 1.54) is 24.3 Å². The van der Waals surface area contributed by atoms with Gasteiger partial charge >= 0.3 is 12.3 Å². The van der Waals surface area contributed by atoms with E-state index < -0.39 is 18.4 Å². The van der Waals surface area contributed by atoms with Crippen LogP contribution in [0.15, 0.2) is 24.3 Å². The Balaban J connectivity index is 2.14. The smallest absolute Gasteiger partial charge is 0.480 e. The van der Waals surface area contributed by atoms with Crippen molar-refractivity contribution < 1.29 is 27.8 Å². The van der Waals surface area contributed by atoms with Gasteiger partial charge in [0.25, 0.3) is 0 Å². The molecule has 1 N–H and O–H groups in total. The average Bonchev–Trinajstić information content (AvgIpc) is 2.38. The summed E-state index contributed by atoms with van der Waals surface area (Å²) in [5, 5.41) is 9.16. The second kappa shape index (κ2) is 5.60. The summed E-state index contributed by atoms with van der Waals surface area (Å²) in [6, 6.07) is 4.65. The van der Waals surface area contributed by atoms with Crippen LogP contribution in [0.1, 0.15) is 19.3 Å². The Morgan fingerprint density at radius 1 is 1.25 bits per heavy atom. The maximum absolute atomic E-state index is 12.1. The molecule has 1 heterocycles. The predicted molar refractivity (Wildman–Crippen MR) is 65.7 cm³/mol. The topological polar surface area (TPSA) is 49.8 Å². The first kappa shape index (κ1) is 14.5. The Kier molecular flexibility index (Phi) is 4.06. The van der Waals surface area contributed by atoms with E-state index in [-0.39, 0.29) is 5.75 Å². The number of ether oxygens (including phenoxy) is 1. The van der Waals surface area contributed by atoms with Crippen molar-refractivity contribution in [2.75, 3.05) is 11.4 Å². The first-order valence-corrected chi connectivity index (χ1v) is 6.22. The molecule has 1 aliphatic rings. The molecule has 4 nitrogen and oxygen atoms in total. The van der Waals surface area contributed by atoms with Gasteiger partial charge in [-0.3, -0.25) is 0 Å². The standard InChI is InChI=1S/C13H14F3NO3/c14-13(15,16)20-10-6-4-9(5-7-10)17-8-2-1-3-11(17)12(18)19/h4-7,11H,1-3,8H2,(H,18,19). The van der Waals surface area contributed by atoms with Crippen molar-refractivity contribution in [1.82, 2.24) is 0 Å². The van der Waals surface area contributed by atoms with Crippen molar-refractivity contribution in [3.05, 3.63) is 24.3 Å². The van der Waals surface area contributed by atoms with Crippen LogP contribution >= 0.6 is 0 Å². The molecule has 2 rings (SSSR count). The molecule has 1 saturated heterocycles. The Bertz CT molecular complexity index is 473. The minimum atomic E-state index is -4.73. The van der Waals surface area contributed by atoms with Crippen LogP contribution in [0.25, 0.3) is 0 Å². The number of hydrogen-bond acceptors (Lipinski definition) is 3. The minimum absolute atomic E-state index is 0.315. The van der Waals surface area contributed by atoms with Crippen LogP contribution in [-0.4, -0.2) is 30.0 Å². The fraction of sp³-hybridized carbons (Fsp3) is 0.462. The Labute approximate surface area is 113 Å². The number of aliphatic carboxylic acids is 1. The van der Waals surface area contributed by atoms with E-state index >= 15 is 0 Å². The van der Waals surface area contributed by atoms with E-state index in [2.05, 4.69) is 4.74 Å². The van der Waals surface area contributed by atoms with Gasteiger partial charge in [0, 0.05) is 12.2 Å². The van der Waals surface area contributed by atoms with Crippen molar-refractivity contribution in [2.24, 2.45) is 0 Å². The van der Waals surface area contributed by atoms with Gasteiger partial charge in [0.1, 0.15) is 11.8 Å². The van der Waals surface area contributed by atoms with Crippen LogP contribution in [0.5, 0.6) is 5.75 Å². The summed E-state index contributed by atoms with van der Waals surface area (Å²) >= 11 is 0. The minimum Gasteiger partial charge on any atom is -0.480 e. The van der Waals surface area contributed by atoms with Gasteiger partial charge in [-0.2, -0.15) is 0 Å². The van der Waals surface area contributed by atoms with E-state index in [1.807, 2.05) is 0 Å². The number of carboxylic acid groups (broad SMARTS) is 1. The fourth-order valence-electron chi connectivity index (χ4n) is 2.34. The van der Waals surface area contributed by atoms with Crippen molar-refractivity contribution in [3.63, 3.8) is 0 Å². The summed E-state index contributed by atoms with van der Waals surface area (Å²) < 4.78 is 39.9. The Morgan fingerprint density at radius 2 is 1.90 bits per heavy atom. The Morgan fingerprint density at radius 3 is 2.45 bits per heavy atom. The van der Waals surface area contributed by atoms with Crippen LogP contribution in [0.4, 0.5) is 18.9 Å². The summed E-state index contributed by atoms with van der Waals surface area (Å²) in [6.45, 7) is 0.580. The van der Waals surface area contributed by atoms with Gasteiger partial charge in [-0.1, -0.05) is 0 Å². The van der Waals surface area contributed by atoms with Gasteiger partial charge in [0.05, 0.1) is 0 Å². The maximum atomic E-state index is 12.1. The molecule has 0 amide bonds. The molecule has 0 radical (unpaired) electrons. The SMILES string of the molecule is O=C(O)C1CCCCN1c1ccc(OC(F)(F)F)cc1. The lowest BCUT2D eigenvalue weighted by molar-refractivity contribution is -0.274. The van der Waals surface area contributed by atoms with Gasteiger partial charge in [0.15, 0.2) is 0 Å². The number of carboxylic acids is 1. The highest BCUT2D eigenvalue weighted by Gasteiger charge is 2.32. The zero-order valence-corrected chi connectivity index (χ0v) is 10.6. The number of carbonyl (C=O) groups is 1. The maximum Gasteiger partial charge on any atom is 0.573 e. The zero-order valence-electron chi connectivity index (χ0n) is 10.6. The molecular formula is C13H14F3NO3. The molecule has 1 aromatic rings. The summed E-state index contributed by atoms with van der Waals surface area (Å²) in [4.78, 5) is 12.9. The zero-order chi connectivity index (χ0) is 14.8. The fourth-order valence-corrected chi connectivity index (χ4v) is 2.34. The number of alkyl halides is 3. The Hall–Kier alpha value is -1.92. The lowest BCUT2D eigenvalue weighted by Crippen LogP contribution is -2.44. The molecule has 0 spiro atoms. The molecule has 7 heteroatoms. The average molecular weight is 289 g/mol. The molecule has 1 atom stereocenters.